The third-order valence-corrected chi connectivity index (χ3v) is 3.66. The molecular weight excluding hydrogens is 216 g/mol. The third kappa shape index (κ3) is 1.90. The number of hydrogen-bond donors (Lipinski definition) is 0. The molecule has 0 amide bonds. The fraction of sp³-hybridized carbons (Fsp3) is 0.500. The molecule has 2 aliphatic rings. The summed E-state index contributed by atoms with van der Waals surface area (Å²) >= 11 is 0. The highest BCUT2D eigenvalue weighted by molar-refractivity contribution is 5.94. The minimum atomic E-state index is -0.384. The van der Waals surface area contributed by atoms with Gasteiger partial charge in [-0.1, -0.05) is 12.1 Å². The van der Waals surface area contributed by atoms with E-state index in [-0.39, 0.29) is 11.6 Å². The molecule has 1 aliphatic heterocycles. The van der Waals surface area contributed by atoms with Crippen molar-refractivity contribution >= 4 is 5.78 Å². The Balaban J connectivity index is 1.91. The Hall–Kier alpha value is -1.19. The van der Waals surface area contributed by atoms with Gasteiger partial charge in [-0.25, -0.2) is 0 Å². The lowest BCUT2D eigenvalue weighted by Gasteiger charge is -2.32. The zero-order valence-corrected chi connectivity index (χ0v) is 9.99. The van der Waals surface area contributed by atoms with Crippen LogP contribution in [0.15, 0.2) is 18.2 Å². The summed E-state index contributed by atoms with van der Waals surface area (Å²) in [7, 11) is 0. The minimum Gasteiger partial charge on any atom is -0.347 e. The Morgan fingerprint density at radius 2 is 2.00 bits per heavy atom. The molecule has 0 saturated carbocycles. The number of Topliss-reactive ketones (excluding diaryl/α,β-unsaturated/α-hetero) is 1. The van der Waals surface area contributed by atoms with Gasteiger partial charge in [0.15, 0.2) is 11.6 Å². The molecule has 1 aliphatic carbocycles. The van der Waals surface area contributed by atoms with Crippen LogP contribution in [0.25, 0.3) is 0 Å². The lowest BCUT2D eigenvalue weighted by molar-refractivity contribution is -0.163. The predicted octanol–water partition coefficient (Wildman–Crippen LogP) is 2.12. The first kappa shape index (κ1) is 10.9. The van der Waals surface area contributed by atoms with E-state index in [1.54, 1.807) is 6.92 Å². The summed E-state index contributed by atoms with van der Waals surface area (Å²) in [5, 5.41) is 0. The van der Waals surface area contributed by atoms with E-state index < -0.39 is 0 Å². The van der Waals surface area contributed by atoms with E-state index in [2.05, 4.69) is 0 Å². The van der Waals surface area contributed by atoms with Crippen LogP contribution in [-0.2, 0) is 22.3 Å². The zero-order valence-electron chi connectivity index (χ0n) is 9.99. The van der Waals surface area contributed by atoms with Gasteiger partial charge in [0.25, 0.3) is 0 Å². The van der Waals surface area contributed by atoms with Crippen molar-refractivity contribution in [1.29, 1.82) is 0 Å². The topological polar surface area (TPSA) is 35.5 Å². The summed E-state index contributed by atoms with van der Waals surface area (Å²) in [4.78, 5) is 11.3. The molecule has 0 N–H and O–H groups in total. The van der Waals surface area contributed by atoms with Gasteiger partial charge in [-0.2, -0.15) is 0 Å². The Bertz CT molecular complexity index is 459. The van der Waals surface area contributed by atoms with Gasteiger partial charge in [-0.3, -0.25) is 4.79 Å². The van der Waals surface area contributed by atoms with E-state index in [1.807, 2.05) is 18.2 Å². The fourth-order valence-electron chi connectivity index (χ4n) is 2.70. The Kier molecular flexibility index (Phi) is 2.53. The third-order valence-electron chi connectivity index (χ3n) is 3.66. The van der Waals surface area contributed by atoms with Crippen LogP contribution in [-0.4, -0.2) is 24.8 Å². The molecule has 1 heterocycles. The van der Waals surface area contributed by atoms with Crippen molar-refractivity contribution < 1.29 is 14.3 Å². The number of ether oxygens (including phenoxy) is 2. The highest BCUT2D eigenvalue weighted by Crippen LogP contribution is 2.35. The number of carbonyl (C=O) groups excluding carboxylic acids is 1. The lowest BCUT2D eigenvalue weighted by Crippen LogP contribution is -2.37. The first-order valence-electron chi connectivity index (χ1n) is 6.09. The maximum absolute atomic E-state index is 11.3. The zero-order chi connectivity index (χ0) is 11.9. The fourth-order valence-corrected chi connectivity index (χ4v) is 2.70. The number of hydrogen-bond acceptors (Lipinski definition) is 3. The molecule has 0 radical (unpaired) electrons. The van der Waals surface area contributed by atoms with Gasteiger partial charge in [-0.05, 0) is 30.5 Å². The predicted molar refractivity (Wildman–Crippen MR) is 63.1 cm³/mol. The highest BCUT2D eigenvalue weighted by atomic mass is 16.7. The number of benzene rings is 1. The smallest absolute Gasteiger partial charge is 0.172 e. The molecule has 1 aromatic carbocycles. The molecule has 1 fully saturated rings. The summed E-state index contributed by atoms with van der Waals surface area (Å²) in [6.45, 7) is 3.00. The van der Waals surface area contributed by atoms with E-state index in [0.717, 1.165) is 24.8 Å². The van der Waals surface area contributed by atoms with Gasteiger partial charge in [0.1, 0.15) is 0 Å². The quantitative estimate of drug-likeness (QED) is 0.696. The van der Waals surface area contributed by atoms with E-state index in [0.29, 0.717) is 13.2 Å². The van der Waals surface area contributed by atoms with Crippen LogP contribution in [0, 0.1) is 0 Å². The number of aryl methyl sites for hydroxylation is 1. The van der Waals surface area contributed by atoms with Gasteiger partial charge in [-0.15, -0.1) is 0 Å². The highest BCUT2D eigenvalue weighted by Gasteiger charge is 2.39. The monoisotopic (exact) mass is 232 g/mol. The van der Waals surface area contributed by atoms with Crippen molar-refractivity contribution in [2.75, 3.05) is 13.2 Å². The Morgan fingerprint density at radius 1 is 1.24 bits per heavy atom. The van der Waals surface area contributed by atoms with Crippen LogP contribution >= 0.6 is 0 Å². The molecule has 0 aromatic heterocycles. The summed E-state index contributed by atoms with van der Waals surface area (Å²) in [6.07, 6.45) is 2.62. The summed E-state index contributed by atoms with van der Waals surface area (Å²) in [5.41, 5.74) is 3.32. The number of rotatable bonds is 1. The Morgan fingerprint density at radius 3 is 2.71 bits per heavy atom. The van der Waals surface area contributed by atoms with Gasteiger partial charge < -0.3 is 9.47 Å². The first-order valence-corrected chi connectivity index (χ1v) is 6.09. The van der Waals surface area contributed by atoms with Crippen LogP contribution in [0.3, 0.4) is 0 Å². The van der Waals surface area contributed by atoms with Crippen LogP contribution in [0.1, 0.15) is 34.8 Å². The minimum absolute atomic E-state index is 0.126. The summed E-state index contributed by atoms with van der Waals surface area (Å²) in [5.74, 6) is -0.258. The SMILES string of the molecule is CC(=O)c1ccc2c(c1)CCC1(C2)OCCO1. The molecule has 1 saturated heterocycles. The van der Waals surface area contributed by atoms with Gasteiger partial charge in [0, 0.05) is 18.4 Å². The van der Waals surface area contributed by atoms with Crippen LogP contribution in [0.5, 0.6) is 0 Å². The number of ketones is 1. The average Bonchev–Trinajstić information content (AvgIpc) is 2.76. The molecule has 1 aromatic rings. The largest absolute Gasteiger partial charge is 0.347 e. The number of fused-ring (bicyclic) bond motifs is 1. The van der Waals surface area contributed by atoms with E-state index >= 15 is 0 Å². The van der Waals surface area contributed by atoms with Gasteiger partial charge >= 0.3 is 0 Å². The van der Waals surface area contributed by atoms with Gasteiger partial charge in [0.2, 0.25) is 0 Å². The van der Waals surface area contributed by atoms with Crippen molar-refractivity contribution in [3.8, 4) is 0 Å². The molecule has 3 rings (SSSR count). The molecule has 0 atom stereocenters. The van der Waals surface area contributed by atoms with Crippen molar-refractivity contribution in [3.63, 3.8) is 0 Å². The second kappa shape index (κ2) is 3.93. The van der Waals surface area contributed by atoms with Crippen LogP contribution in [0.2, 0.25) is 0 Å². The van der Waals surface area contributed by atoms with E-state index in [9.17, 15) is 4.79 Å². The summed E-state index contributed by atoms with van der Waals surface area (Å²) in [6, 6.07) is 5.95. The van der Waals surface area contributed by atoms with E-state index in [1.165, 1.54) is 11.1 Å². The standard InChI is InChI=1S/C14H16O3/c1-10(15)11-2-3-13-9-14(16-6-7-17-14)5-4-12(13)8-11/h2-3,8H,4-7,9H2,1H3. The molecule has 0 unspecified atom stereocenters. The van der Waals surface area contributed by atoms with Crippen molar-refractivity contribution in [2.24, 2.45) is 0 Å². The number of carbonyl (C=O) groups is 1. The second-order valence-electron chi connectivity index (χ2n) is 4.82. The van der Waals surface area contributed by atoms with Crippen LogP contribution < -0.4 is 0 Å². The second-order valence-corrected chi connectivity index (χ2v) is 4.82. The van der Waals surface area contributed by atoms with Crippen LogP contribution in [0.4, 0.5) is 0 Å². The maximum Gasteiger partial charge on any atom is 0.172 e. The molecule has 3 heteroatoms. The molecule has 17 heavy (non-hydrogen) atoms. The van der Waals surface area contributed by atoms with Gasteiger partial charge in [0.05, 0.1) is 13.2 Å². The maximum atomic E-state index is 11.3. The molecule has 0 bridgehead atoms. The normalized spacial score (nSPS) is 21.5. The molecule has 1 spiro atoms. The molecule has 3 nitrogen and oxygen atoms in total. The van der Waals surface area contributed by atoms with Crippen molar-refractivity contribution in [2.45, 2.75) is 32.0 Å². The molecular formula is C14H16O3. The first-order chi connectivity index (χ1) is 8.19. The summed E-state index contributed by atoms with van der Waals surface area (Å²) < 4.78 is 11.5. The Labute approximate surface area is 101 Å². The molecule has 90 valence electrons. The van der Waals surface area contributed by atoms with E-state index in [4.69, 9.17) is 9.47 Å². The average molecular weight is 232 g/mol. The van der Waals surface area contributed by atoms with Crippen molar-refractivity contribution in [3.05, 3.63) is 34.9 Å². The van der Waals surface area contributed by atoms with Crippen molar-refractivity contribution in [1.82, 2.24) is 0 Å². The lowest BCUT2D eigenvalue weighted by atomic mass is 9.86.